The Bertz CT molecular complexity index is 784. The molecule has 0 heterocycles. The van der Waals surface area contributed by atoms with Gasteiger partial charge in [-0.15, -0.1) is 0 Å². The number of carboxylic acid groups (broad SMARTS) is 2. The van der Waals surface area contributed by atoms with Gasteiger partial charge in [0.1, 0.15) is 12.1 Å². The minimum Gasteiger partial charge on any atom is -0.480 e. The Kier molecular flexibility index (Phi) is 20.3. The Hall–Kier alpha value is -2.85. The Morgan fingerprint density at radius 2 is 1.50 bits per heavy atom. The third-order valence-corrected chi connectivity index (χ3v) is 5.98. The van der Waals surface area contributed by atoms with Crippen molar-refractivity contribution in [3.8, 4) is 0 Å². The van der Waals surface area contributed by atoms with Crippen LogP contribution >= 0.6 is 0 Å². The molecule has 0 radical (unpaired) electrons. The molecule has 15 nitrogen and oxygen atoms in total. The summed E-state index contributed by atoms with van der Waals surface area (Å²) < 4.78 is 5.39. The van der Waals surface area contributed by atoms with Crippen molar-refractivity contribution in [2.45, 2.75) is 70.6 Å². The van der Waals surface area contributed by atoms with Crippen molar-refractivity contribution in [2.24, 2.45) is 23.1 Å². The first-order valence-corrected chi connectivity index (χ1v) is 13.7. The van der Waals surface area contributed by atoms with Crippen molar-refractivity contribution in [1.82, 2.24) is 20.9 Å². The molecule has 0 aromatic rings. The van der Waals surface area contributed by atoms with Crippen LogP contribution in [0, 0.1) is 5.92 Å². The highest BCUT2D eigenvalue weighted by Gasteiger charge is 2.31. The zero-order valence-corrected chi connectivity index (χ0v) is 23.7. The molecule has 0 aromatic heterocycles. The standard InChI is InChI=1S/C25H49N7O8/c1-17(2)22(24(38)31-19(23(28)37)8-3-5-9-26)40-25(39)18(27)7-4-6-10-29-11-13-32(16-21(35)36)14-12-30-15-20(33)34/h17-19,22,29-30H,3-16,26-27H2,1-2H3,(H2,28,37)(H,31,38)(H,33,34)(H,35,36)/t18-,19-,22-/m0/s1. The van der Waals surface area contributed by atoms with Crippen LogP contribution in [0.4, 0.5) is 0 Å². The summed E-state index contributed by atoms with van der Waals surface area (Å²) in [5.74, 6) is -4.29. The van der Waals surface area contributed by atoms with Gasteiger partial charge in [0.25, 0.3) is 5.91 Å². The molecule has 0 spiro atoms. The summed E-state index contributed by atoms with van der Waals surface area (Å²) in [5.41, 5.74) is 16.8. The molecular weight excluding hydrogens is 526 g/mol. The van der Waals surface area contributed by atoms with Crippen LogP contribution in [-0.4, -0.2) is 115 Å². The number of rotatable bonds is 25. The lowest BCUT2D eigenvalue weighted by Gasteiger charge is -2.24. The van der Waals surface area contributed by atoms with Gasteiger partial charge in [0.05, 0.1) is 13.1 Å². The maximum atomic E-state index is 12.7. The highest BCUT2D eigenvalue weighted by atomic mass is 16.5. The minimum absolute atomic E-state index is 0.153. The molecule has 0 aliphatic heterocycles. The third-order valence-electron chi connectivity index (χ3n) is 5.98. The SMILES string of the molecule is CC(C)[C@H](OC(=O)[C@@H](N)CCCCNCCN(CCNCC(=O)O)CC(=O)O)C(=O)N[C@@H](CCCCN)C(N)=O. The summed E-state index contributed by atoms with van der Waals surface area (Å²) in [5, 5.41) is 26.2. The predicted octanol–water partition coefficient (Wildman–Crippen LogP) is -2.20. The number of amides is 2. The number of carbonyl (C=O) groups excluding carboxylic acids is 3. The Morgan fingerprint density at radius 1 is 0.875 bits per heavy atom. The zero-order chi connectivity index (χ0) is 30.5. The van der Waals surface area contributed by atoms with Crippen molar-refractivity contribution in [1.29, 1.82) is 0 Å². The van der Waals surface area contributed by atoms with Gasteiger partial charge >= 0.3 is 17.9 Å². The van der Waals surface area contributed by atoms with Crippen molar-refractivity contribution < 1.29 is 38.9 Å². The van der Waals surface area contributed by atoms with E-state index in [9.17, 15) is 24.0 Å². The molecule has 0 fully saturated rings. The quantitative estimate of drug-likeness (QED) is 0.0425. The van der Waals surface area contributed by atoms with E-state index in [1.54, 1.807) is 18.7 Å². The fourth-order valence-corrected chi connectivity index (χ4v) is 3.73. The van der Waals surface area contributed by atoms with E-state index in [-0.39, 0.29) is 19.0 Å². The Balaban J connectivity index is 4.44. The monoisotopic (exact) mass is 575 g/mol. The largest absolute Gasteiger partial charge is 0.480 e. The van der Waals surface area contributed by atoms with Gasteiger partial charge in [0, 0.05) is 26.2 Å². The molecule has 2 amide bonds. The number of ether oxygens (including phenoxy) is 1. The molecule has 15 heteroatoms. The number of unbranched alkanes of at least 4 members (excludes halogenated alkanes) is 2. The van der Waals surface area contributed by atoms with Crippen LogP contribution < -0.4 is 33.2 Å². The number of esters is 1. The van der Waals surface area contributed by atoms with Crippen LogP contribution in [0.1, 0.15) is 52.4 Å². The second kappa shape index (κ2) is 21.9. The lowest BCUT2D eigenvalue weighted by atomic mass is 10.0. The molecular formula is C25H49N7O8. The summed E-state index contributed by atoms with van der Waals surface area (Å²) in [7, 11) is 0. The first-order chi connectivity index (χ1) is 18.9. The zero-order valence-electron chi connectivity index (χ0n) is 23.7. The van der Waals surface area contributed by atoms with E-state index in [1.807, 2.05) is 0 Å². The molecule has 40 heavy (non-hydrogen) atoms. The number of carbonyl (C=O) groups is 5. The van der Waals surface area contributed by atoms with Gasteiger partial charge < -0.3 is 48.1 Å². The average Bonchev–Trinajstić information content (AvgIpc) is 2.87. The summed E-state index contributed by atoms with van der Waals surface area (Å²) in [6.07, 6.45) is 2.18. The maximum Gasteiger partial charge on any atom is 0.323 e. The summed E-state index contributed by atoms with van der Waals surface area (Å²) in [4.78, 5) is 60.2. The van der Waals surface area contributed by atoms with Gasteiger partial charge in [-0.25, -0.2) is 0 Å². The first kappa shape index (κ1) is 37.1. The molecule has 0 bridgehead atoms. The summed E-state index contributed by atoms with van der Waals surface area (Å²) >= 11 is 0. The molecule has 0 aromatic carbocycles. The fourth-order valence-electron chi connectivity index (χ4n) is 3.73. The van der Waals surface area contributed by atoms with Gasteiger partial charge in [-0.3, -0.25) is 28.9 Å². The van der Waals surface area contributed by atoms with Crippen LogP contribution in [0.25, 0.3) is 0 Å². The molecule has 0 saturated heterocycles. The highest BCUT2D eigenvalue weighted by Crippen LogP contribution is 2.11. The van der Waals surface area contributed by atoms with Crippen molar-refractivity contribution >= 4 is 29.7 Å². The van der Waals surface area contributed by atoms with Gasteiger partial charge in [0.2, 0.25) is 5.91 Å². The van der Waals surface area contributed by atoms with E-state index >= 15 is 0 Å². The van der Waals surface area contributed by atoms with Gasteiger partial charge in [-0.05, 0) is 51.1 Å². The molecule has 232 valence electrons. The molecule has 0 aliphatic carbocycles. The van der Waals surface area contributed by atoms with E-state index < -0.39 is 47.9 Å². The van der Waals surface area contributed by atoms with Gasteiger partial charge in [-0.1, -0.05) is 20.3 Å². The van der Waals surface area contributed by atoms with Crippen molar-refractivity contribution in [2.75, 3.05) is 52.4 Å². The number of primary amides is 1. The number of nitrogens with two attached hydrogens (primary N) is 3. The predicted molar refractivity (Wildman–Crippen MR) is 148 cm³/mol. The van der Waals surface area contributed by atoms with Gasteiger partial charge in [-0.2, -0.15) is 0 Å². The Labute approximate surface area is 235 Å². The van der Waals surface area contributed by atoms with Crippen LogP contribution in [0.5, 0.6) is 0 Å². The van der Waals surface area contributed by atoms with Crippen LogP contribution in [0.15, 0.2) is 0 Å². The fraction of sp³-hybridized carbons (Fsp3) is 0.800. The first-order valence-electron chi connectivity index (χ1n) is 13.7. The molecule has 3 atom stereocenters. The van der Waals surface area contributed by atoms with Crippen molar-refractivity contribution in [3.05, 3.63) is 0 Å². The number of carboxylic acids is 2. The summed E-state index contributed by atoms with van der Waals surface area (Å²) in [6.45, 7) is 5.92. The molecule has 0 unspecified atom stereocenters. The molecule has 0 saturated carbocycles. The topological polar surface area (TPSA) is 252 Å². The lowest BCUT2D eigenvalue weighted by Crippen LogP contribution is -2.51. The number of aliphatic carboxylic acids is 2. The van der Waals surface area contributed by atoms with E-state index in [0.717, 1.165) is 0 Å². The minimum atomic E-state index is -1.12. The van der Waals surface area contributed by atoms with E-state index in [1.165, 1.54) is 0 Å². The van der Waals surface area contributed by atoms with Crippen LogP contribution in [0.3, 0.4) is 0 Å². The van der Waals surface area contributed by atoms with E-state index in [2.05, 4.69) is 16.0 Å². The van der Waals surface area contributed by atoms with E-state index in [0.29, 0.717) is 77.8 Å². The average molecular weight is 576 g/mol. The number of hydrogen-bond acceptors (Lipinski definition) is 11. The normalized spacial score (nSPS) is 13.6. The highest BCUT2D eigenvalue weighted by molar-refractivity contribution is 5.90. The molecule has 11 N–H and O–H groups in total. The van der Waals surface area contributed by atoms with Crippen molar-refractivity contribution in [3.63, 3.8) is 0 Å². The van der Waals surface area contributed by atoms with Crippen LogP contribution in [0.2, 0.25) is 0 Å². The Morgan fingerprint density at radius 3 is 2.05 bits per heavy atom. The second-order valence-electron chi connectivity index (χ2n) is 9.94. The van der Waals surface area contributed by atoms with E-state index in [4.69, 9.17) is 32.2 Å². The molecule has 0 aliphatic rings. The maximum absolute atomic E-state index is 12.7. The number of nitrogens with zero attached hydrogens (tertiary/aromatic N) is 1. The number of hydrogen-bond donors (Lipinski definition) is 8. The third kappa shape index (κ3) is 18.4. The van der Waals surface area contributed by atoms with Gasteiger partial charge in [0.15, 0.2) is 6.10 Å². The molecule has 0 rings (SSSR count). The number of nitrogens with one attached hydrogen (secondary N) is 3. The summed E-state index contributed by atoms with van der Waals surface area (Å²) in [6, 6.07) is -1.81. The van der Waals surface area contributed by atoms with Crippen LogP contribution in [-0.2, 0) is 28.7 Å². The lowest BCUT2D eigenvalue weighted by molar-refractivity contribution is -0.160. The smallest absolute Gasteiger partial charge is 0.323 e. The second-order valence-corrected chi connectivity index (χ2v) is 9.94.